The molecule has 19 heavy (non-hydrogen) atoms. The van der Waals surface area contributed by atoms with E-state index in [1.807, 2.05) is 13.2 Å². The molecule has 4 nitrogen and oxygen atoms in total. The van der Waals surface area contributed by atoms with Crippen LogP contribution in [0.15, 0.2) is 22.8 Å². The first kappa shape index (κ1) is 12.5. The van der Waals surface area contributed by atoms with Gasteiger partial charge in [0.25, 0.3) is 0 Å². The van der Waals surface area contributed by atoms with Crippen molar-refractivity contribution < 1.29 is 4.42 Å². The van der Waals surface area contributed by atoms with Crippen molar-refractivity contribution in [2.75, 3.05) is 0 Å². The van der Waals surface area contributed by atoms with Crippen LogP contribution in [-0.4, -0.2) is 16.2 Å². The molecule has 2 heterocycles. The fourth-order valence-corrected chi connectivity index (χ4v) is 2.95. The Kier molecular flexibility index (Phi) is 3.42. The van der Waals surface area contributed by atoms with Gasteiger partial charge >= 0.3 is 0 Å². The molecule has 2 unspecified atom stereocenters. The van der Waals surface area contributed by atoms with E-state index in [4.69, 9.17) is 4.42 Å². The third kappa shape index (κ3) is 2.73. The molecule has 0 amide bonds. The zero-order valence-electron chi connectivity index (χ0n) is 11.6. The predicted molar refractivity (Wildman–Crippen MR) is 74.0 cm³/mol. The van der Waals surface area contributed by atoms with E-state index in [1.165, 1.54) is 18.4 Å². The second-order valence-corrected chi connectivity index (χ2v) is 5.56. The first-order chi connectivity index (χ1) is 9.22. The molecule has 0 aromatic carbocycles. The Hall–Kier alpha value is -1.55. The van der Waals surface area contributed by atoms with Crippen LogP contribution in [-0.2, 0) is 12.8 Å². The maximum absolute atomic E-state index is 5.53. The van der Waals surface area contributed by atoms with E-state index >= 15 is 0 Å². The Morgan fingerprint density at radius 3 is 3.26 bits per heavy atom. The smallest absolute Gasteiger partial charge is 0.108 e. The second-order valence-electron chi connectivity index (χ2n) is 5.56. The van der Waals surface area contributed by atoms with Gasteiger partial charge < -0.3 is 9.73 Å². The van der Waals surface area contributed by atoms with Gasteiger partial charge in [-0.05, 0) is 38.8 Å². The largest absolute Gasteiger partial charge is 0.469 e. The average molecular weight is 259 g/mol. The van der Waals surface area contributed by atoms with Crippen LogP contribution in [0.5, 0.6) is 0 Å². The van der Waals surface area contributed by atoms with Crippen molar-refractivity contribution in [3.8, 4) is 0 Å². The molecule has 2 aromatic heterocycles. The number of aromatic amines is 1. The summed E-state index contributed by atoms with van der Waals surface area (Å²) in [6.45, 7) is 4.26. The van der Waals surface area contributed by atoms with E-state index in [2.05, 4.69) is 34.6 Å². The molecule has 102 valence electrons. The number of rotatable bonds is 4. The molecule has 0 aliphatic heterocycles. The number of hydrogen-bond acceptors (Lipinski definition) is 3. The van der Waals surface area contributed by atoms with Gasteiger partial charge in [-0.2, -0.15) is 5.10 Å². The van der Waals surface area contributed by atoms with E-state index in [0.29, 0.717) is 12.1 Å². The molecular formula is C15H21N3O. The average Bonchev–Trinajstić information content (AvgIpc) is 2.98. The highest BCUT2D eigenvalue weighted by atomic mass is 16.3. The van der Waals surface area contributed by atoms with Gasteiger partial charge in [-0.3, -0.25) is 5.10 Å². The number of furan rings is 1. The van der Waals surface area contributed by atoms with E-state index < -0.39 is 0 Å². The van der Waals surface area contributed by atoms with Crippen molar-refractivity contribution in [1.82, 2.24) is 15.5 Å². The number of aryl methyl sites for hydroxylation is 2. The van der Waals surface area contributed by atoms with E-state index in [1.54, 1.807) is 0 Å². The van der Waals surface area contributed by atoms with Gasteiger partial charge in [0.2, 0.25) is 0 Å². The van der Waals surface area contributed by atoms with E-state index in [9.17, 15) is 0 Å². The Balaban J connectivity index is 1.63. The van der Waals surface area contributed by atoms with Crippen LogP contribution in [0, 0.1) is 6.92 Å². The second kappa shape index (κ2) is 5.21. The molecule has 2 N–H and O–H groups in total. The topological polar surface area (TPSA) is 53.9 Å². The highest BCUT2D eigenvalue weighted by Crippen LogP contribution is 2.30. The number of fused-ring (bicyclic) bond motifs is 1. The van der Waals surface area contributed by atoms with E-state index in [0.717, 1.165) is 30.0 Å². The summed E-state index contributed by atoms with van der Waals surface area (Å²) in [5.41, 5.74) is 3.59. The van der Waals surface area contributed by atoms with Crippen LogP contribution in [0.4, 0.5) is 0 Å². The van der Waals surface area contributed by atoms with Gasteiger partial charge in [0.05, 0.1) is 12.0 Å². The summed E-state index contributed by atoms with van der Waals surface area (Å²) < 4.78 is 5.53. The van der Waals surface area contributed by atoms with Gasteiger partial charge in [0.15, 0.2) is 0 Å². The summed E-state index contributed by atoms with van der Waals surface area (Å²) in [6.07, 6.45) is 6.23. The number of nitrogens with zero attached hydrogens (tertiary/aromatic N) is 1. The summed E-state index contributed by atoms with van der Waals surface area (Å²) in [4.78, 5) is 0. The van der Waals surface area contributed by atoms with Crippen LogP contribution < -0.4 is 5.32 Å². The fourth-order valence-electron chi connectivity index (χ4n) is 2.95. The van der Waals surface area contributed by atoms with Gasteiger partial charge in [-0.15, -0.1) is 0 Å². The Morgan fingerprint density at radius 2 is 2.47 bits per heavy atom. The third-order valence-electron chi connectivity index (χ3n) is 3.81. The molecule has 4 heteroatoms. The van der Waals surface area contributed by atoms with Gasteiger partial charge in [0.1, 0.15) is 5.76 Å². The number of nitrogens with one attached hydrogen (secondary N) is 2. The van der Waals surface area contributed by atoms with Crippen molar-refractivity contribution in [2.24, 2.45) is 0 Å². The lowest BCUT2D eigenvalue weighted by molar-refractivity contribution is 0.379. The van der Waals surface area contributed by atoms with Crippen molar-refractivity contribution in [2.45, 2.75) is 51.6 Å². The molecule has 0 fully saturated rings. The monoisotopic (exact) mass is 259 g/mol. The lowest BCUT2D eigenvalue weighted by Crippen LogP contribution is -2.33. The minimum atomic E-state index is 0.411. The van der Waals surface area contributed by atoms with Crippen LogP contribution in [0.3, 0.4) is 0 Å². The summed E-state index contributed by atoms with van der Waals surface area (Å²) in [6, 6.07) is 5.06. The van der Waals surface area contributed by atoms with Gasteiger partial charge in [-0.25, -0.2) is 0 Å². The van der Waals surface area contributed by atoms with Crippen LogP contribution in [0.1, 0.15) is 48.5 Å². The zero-order valence-corrected chi connectivity index (χ0v) is 11.6. The van der Waals surface area contributed by atoms with E-state index in [-0.39, 0.29) is 0 Å². The molecule has 0 radical (unpaired) electrons. The molecular weight excluding hydrogens is 238 g/mol. The maximum Gasteiger partial charge on any atom is 0.108 e. The van der Waals surface area contributed by atoms with Crippen molar-refractivity contribution >= 4 is 0 Å². The number of aromatic nitrogens is 2. The minimum absolute atomic E-state index is 0.411. The van der Waals surface area contributed by atoms with Crippen LogP contribution in [0.25, 0.3) is 0 Å². The molecule has 0 saturated carbocycles. The Morgan fingerprint density at radius 1 is 1.58 bits per heavy atom. The SMILES string of the molecule is Cc1cc(CC(C)NC2CCCc3occc32)n[nH]1. The molecule has 2 atom stereocenters. The Labute approximate surface area is 113 Å². The lowest BCUT2D eigenvalue weighted by Gasteiger charge is -2.26. The van der Waals surface area contributed by atoms with Crippen LogP contribution in [0.2, 0.25) is 0 Å². The summed E-state index contributed by atoms with van der Waals surface area (Å²) in [5.74, 6) is 1.16. The lowest BCUT2D eigenvalue weighted by atomic mass is 9.92. The molecule has 2 aromatic rings. The standard InChI is InChI=1S/C15H21N3O/c1-10(8-12-9-11(2)17-18-12)16-14-4-3-5-15-13(14)6-7-19-15/h6-7,9-10,14,16H,3-5,8H2,1-2H3,(H,17,18). The summed E-state index contributed by atoms with van der Waals surface area (Å²) in [7, 11) is 0. The van der Waals surface area contributed by atoms with Crippen molar-refractivity contribution in [3.05, 3.63) is 41.1 Å². The first-order valence-corrected chi connectivity index (χ1v) is 7.05. The molecule has 3 rings (SSSR count). The molecule has 0 bridgehead atoms. The maximum atomic E-state index is 5.53. The highest BCUT2D eigenvalue weighted by molar-refractivity contribution is 5.24. The third-order valence-corrected chi connectivity index (χ3v) is 3.81. The van der Waals surface area contributed by atoms with Gasteiger partial charge in [-0.1, -0.05) is 0 Å². The normalized spacial score (nSPS) is 20.2. The number of H-pyrrole nitrogens is 1. The minimum Gasteiger partial charge on any atom is -0.469 e. The highest BCUT2D eigenvalue weighted by Gasteiger charge is 2.23. The zero-order chi connectivity index (χ0) is 13.2. The predicted octanol–water partition coefficient (Wildman–Crippen LogP) is 2.91. The van der Waals surface area contributed by atoms with Crippen LogP contribution >= 0.6 is 0 Å². The Bertz CT molecular complexity index is 543. The summed E-state index contributed by atoms with van der Waals surface area (Å²) >= 11 is 0. The quantitative estimate of drug-likeness (QED) is 0.887. The van der Waals surface area contributed by atoms with Crippen molar-refractivity contribution in [3.63, 3.8) is 0 Å². The van der Waals surface area contributed by atoms with Crippen molar-refractivity contribution in [1.29, 1.82) is 0 Å². The molecule has 0 saturated heterocycles. The molecule has 0 spiro atoms. The fraction of sp³-hybridized carbons (Fsp3) is 0.533. The summed E-state index contributed by atoms with van der Waals surface area (Å²) in [5, 5.41) is 11.0. The first-order valence-electron chi connectivity index (χ1n) is 7.05. The molecule has 1 aliphatic carbocycles. The molecule has 1 aliphatic rings. The van der Waals surface area contributed by atoms with Gasteiger partial charge in [0, 0.05) is 36.2 Å². The number of hydrogen-bond donors (Lipinski definition) is 2.